The number of hydrogen-bond donors (Lipinski definition) is 3. The summed E-state index contributed by atoms with van der Waals surface area (Å²) in [4.78, 5) is 11.2. The van der Waals surface area contributed by atoms with Gasteiger partial charge in [0.1, 0.15) is 5.75 Å². The highest BCUT2D eigenvalue weighted by Gasteiger charge is 2.10. The molecule has 1 aromatic rings. The molecule has 0 aromatic heterocycles. The van der Waals surface area contributed by atoms with Crippen LogP contribution in [0.1, 0.15) is 67.8 Å². The fraction of sp³-hybridized carbons (Fsp3) is 0.562. The molecule has 0 bridgehead atoms. The minimum absolute atomic E-state index is 0.0861. The van der Waals surface area contributed by atoms with Crippen LogP contribution in [0.2, 0.25) is 0 Å². The van der Waals surface area contributed by atoms with Gasteiger partial charge in [0.05, 0.1) is 5.56 Å². The number of nitrogens with one attached hydrogen (secondary N) is 1. The quantitative estimate of drug-likeness (QED) is 0.366. The van der Waals surface area contributed by atoms with Crippen LogP contribution < -0.4 is 5.48 Å². The normalized spacial score (nSPS) is 10.5. The number of carbonyl (C=O) groups is 1. The number of carbonyl (C=O) groups excluding carboxylic acids is 1. The van der Waals surface area contributed by atoms with E-state index in [1.54, 1.807) is 6.07 Å². The molecule has 3 N–H and O–H groups in total. The first-order valence-electron chi connectivity index (χ1n) is 7.45. The van der Waals surface area contributed by atoms with Crippen LogP contribution in [0, 0.1) is 0 Å². The first kappa shape index (κ1) is 16.5. The van der Waals surface area contributed by atoms with E-state index in [0.29, 0.717) is 0 Å². The average Bonchev–Trinajstić information content (AvgIpc) is 2.45. The van der Waals surface area contributed by atoms with Gasteiger partial charge in [-0.2, -0.15) is 0 Å². The van der Waals surface area contributed by atoms with Crippen molar-refractivity contribution in [3.05, 3.63) is 29.3 Å². The number of hydrogen-bond acceptors (Lipinski definition) is 3. The van der Waals surface area contributed by atoms with Crippen molar-refractivity contribution in [3.63, 3.8) is 0 Å². The zero-order chi connectivity index (χ0) is 14.8. The highest BCUT2D eigenvalue weighted by atomic mass is 16.5. The SMILES string of the molecule is CCCCCCCCCc1ccc(C(=O)NO)c(O)c1. The zero-order valence-corrected chi connectivity index (χ0v) is 12.2. The second kappa shape index (κ2) is 9.37. The lowest BCUT2D eigenvalue weighted by atomic mass is 10.0. The minimum Gasteiger partial charge on any atom is -0.507 e. The van der Waals surface area contributed by atoms with Crippen molar-refractivity contribution in [1.29, 1.82) is 0 Å². The molecule has 1 amide bonds. The monoisotopic (exact) mass is 279 g/mol. The zero-order valence-electron chi connectivity index (χ0n) is 12.2. The molecule has 1 aromatic carbocycles. The molecule has 0 fully saturated rings. The molecule has 4 nitrogen and oxygen atoms in total. The molecule has 4 heteroatoms. The Kier molecular flexibility index (Phi) is 7.73. The van der Waals surface area contributed by atoms with Gasteiger partial charge in [-0.15, -0.1) is 0 Å². The number of aryl methyl sites for hydroxylation is 1. The van der Waals surface area contributed by atoms with Gasteiger partial charge >= 0.3 is 0 Å². The van der Waals surface area contributed by atoms with E-state index >= 15 is 0 Å². The fourth-order valence-corrected chi connectivity index (χ4v) is 2.27. The third kappa shape index (κ3) is 5.61. The van der Waals surface area contributed by atoms with E-state index in [0.717, 1.165) is 18.4 Å². The van der Waals surface area contributed by atoms with Crippen LogP contribution >= 0.6 is 0 Å². The summed E-state index contributed by atoms with van der Waals surface area (Å²) in [5.74, 6) is -0.776. The predicted molar refractivity (Wildman–Crippen MR) is 79.1 cm³/mol. The Hall–Kier alpha value is -1.55. The molecular formula is C16H25NO3. The molecule has 0 atom stereocenters. The number of rotatable bonds is 9. The van der Waals surface area contributed by atoms with Crippen LogP contribution in [-0.2, 0) is 6.42 Å². The van der Waals surface area contributed by atoms with Gasteiger partial charge in [0.15, 0.2) is 0 Å². The van der Waals surface area contributed by atoms with Crippen LogP contribution in [0.4, 0.5) is 0 Å². The summed E-state index contributed by atoms with van der Waals surface area (Å²) in [5, 5.41) is 18.3. The Labute approximate surface area is 120 Å². The highest BCUT2D eigenvalue weighted by molar-refractivity contribution is 5.96. The number of hydroxylamine groups is 1. The third-order valence-electron chi connectivity index (χ3n) is 3.48. The smallest absolute Gasteiger partial charge is 0.278 e. The second-order valence-corrected chi connectivity index (χ2v) is 5.16. The number of phenols is 1. The Balaban J connectivity index is 2.31. The van der Waals surface area contributed by atoms with E-state index in [1.165, 1.54) is 50.1 Å². The van der Waals surface area contributed by atoms with E-state index in [9.17, 15) is 9.90 Å². The van der Waals surface area contributed by atoms with Crippen molar-refractivity contribution in [2.75, 3.05) is 0 Å². The summed E-state index contributed by atoms with van der Waals surface area (Å²) in [5.41, 5.74) is 2.63. The number of unbranched alkanes of at least 4 members (excludes halogenated alkanes) is 6. The summed E-state index contributed by atoms with van der Waals surface area (Å²) in [6.45, 7) is 2.22. The van der Waals surface area contributed by atoms with Crippen LogP contribution in [0.15, 0.2) is 18.2 Å². The van der Waals surface area contributed by atoms with E-state index in [2.05, 4.69) is 6.92 Å². The predicted octanol–water partition coefficient (Wildman–Crippen LogP) is 3.80. The van der Waals surface area contributed by atoms with Gasteiger partial charge in [-0.25, -0.2) is 5.48 Å². The van der Waals surface area contributed by atoms with E-state index in [4.69, 9.17) is 5.21 Å². The minimum atomic E-state index is -0.690. The maximum absolute atomic E-state index is 11.2. The second-order valence-electron chi connectivity index (χ2n) is 5.16. The van der Waals surface area contributed by atoms with Crippen LogP contribution in [0.25, 0.3) is 0 Å². The molecule has 112 valence electrons. The molecule has 0 radical (unpaired) electrons. The molecule has 0 aliphatic carbocycles. The summed E-state index contributed by atoms with van der Waals surface area (Å²) < 4.78 is 0. The first-order valence-corrected chi connectivity index (χ1v) is 7.45. The van der Waals surface area contributed by atoms with E-state index < -0.39 is 5.91 Å². The van der Waals surface area contributed by atoms with Crippen LogP contribution in [0.3, 0.4) is 0 Å². The molecule has 20 heavy (non-hydrogen) atoms. The van der Waals surface area contributed by atoms with Crippen molar-refractivity contribution in [1.82, 2.24) is 5.48 Å². The molecule has 1 rings (SSSR count). The number of amides is 1. The van der Waals surface area contributed by atoms with Crippen molar-refractivity contribution >= 4 is 5.91 Å². The topological polar surface area (TPSA) is 69.6 Å². The van der Waals surface area contributed by atoms with Gasteiger partial charge in [-0.1, -0.05) is 51.5 Å². The number of aromatic hydroxyl groups is 1. The maximum atomic E-state index is 11.2. The Morgan fingerprint density at radius 2 is 1.75 bits per heavy atom. The largest absolute Gasteiger partial charge is 0.507 e. The van der Waals surface area contributed by atoms with Crippen molar-refractivity contribution in [2.24, 2.45) is 0 Å². The molecule has 0 saturated heterocycles. The standard InChI is InChI=1S/C16H25NO3/c1-2-3-4-5-6-7-8-9-13-10-11-14(15(18)12-13)16(19)17-20/h10-12,18,20H,2-9H2,1H3,(H,17,19). The summed E-state index contributed by atoms with van der Waals surface area (Å²) in [7, 11) is 0. The van der Waals surface area contributed by atoms with Gasteiger partial charge in [0.25, 0.3) is 5.91 Å². The van der Waals surface area contributed by atoms with Gasteiger partial charge in [-0.3, -0.25) is 10.0 Å². The lowest BCUT2D eigenvalue weighted by molar-refractivity contribution is 0.0703. The van der Waals surface area contributed by atoms with Crippen molar-refractivity contribution < 1.29 is 15.1 Å². The van der Waals surface area contributed by atoms with Crippen LogP contribution in [0.5, 0.6) is 5.75 Å². The Morgan fingerprint density at radius 1 is 1.10 bits per heavy atom. The maximum Gasteiger partial charge on any atom is 0.278 e. The molecule has 0 aliphatic heterocycles. The number of phenolic OH excluding ortho intramolecular Hbond substituents is 1. The Morgan fingerprint density at radius 3 is 2.35 bits per heavy atom. The highest BCUT2D eigenvalue weighted by Crippen LogP contribution is 2.20. The summed E-state index contributed by atoms with van der Waals surface area (Å²) in [6.07, 6.45) is 9.67. The average molecular weight is 279 g/mol. The lowest BCUT2D eigenvalue weighted by Gasteiger charge is -2.06. The van der Waals surface area contributed by atoms with Crippen LogP contribution in [-0.4, -0.2) is 16.2 Å². The Bertz CT molecular complexity index is 418. The molecule has 0 spiro atoms. The van der Waals surface area contributed by atoms with Gasteiger partial charge in [0, 0.05) is 0 Å². The van der Waals surface area contributed by atoms with E-state index in [-0.39, 0.29) is 11.3 Å². The van der Waals surface area contributed by atoms with Gasteiger partial charge in [-0.05, 0) is 30.5 Å². The van der Waals surface area contributed by atoms with E-state index in [1.807, 2.05) is 6.07 Å². The lowest BCUT2D eigenvalue weighted by Crippen LogP contribution is -2.18. The van der Waals surface area contributed by atoms with Gasteiger partial charge < -0.3 is 5.11 Å². The molecule has 0 unspecified atom stereocenters. The molecule has 0 saturated carbocycles. The fourth-order valence-electron chi connectivity index (χ4n) is 2.27. The van der Waals surface area contributed by atoms with Crippen molar-refractivity contribution in [3.8, 4) is 5.75 Å². The first-order chi connectivity index (χ1) is 9.69. The molecular weight excluding hydrogens is 254 g/mol. The summed E-state index contributed by atoms with van der Waals surface area (Å²) in [6, 6.07) is 4.96. The number of benzene rings is 1. The van der Waals surface area contributed by atoms with Gasteiger partial charge in [0.2, 0.25) is 0 Å². The summed E-state index contributed by atoms with van der Waals surface area (Å²) >= 11 is 0. The molecule has 0 heterocycles. The third-order valence-corrected chi connectivity index (χ3v) is 3.48. The van der Waals surface area contributed by atoms with Crippen molar-refractivity contribution in [2.45, 2.75) is 58.3 Å². The molecule has 0 aliphatic rings.